The third kappa shape index (κ3) is 4.30. The lowest BCUT2D eigenvalue weighted by Crippen LogP contribution is -2.41. The van der Waals surface area contributed by atoms with E-state index in [-0.39, 0.29) is 0 Å². The molecule has 1 heterocycles. The number of hydrogen-bond acceptors (Lipinski definition) is 2. The predicted molar refractivity (Wildman–Crippen MR) is 57.7 cm³/mol. The summed E-state index contributed by atoms with van der Waals surface area (Å²) in [5.74, 6) is -2.60. The van der Waals surface area contributed by atoms with E-state index in [1.165, 1.54) is 0 Å². The van der Waals surface area contributed by atoms with E-state index >= 15 is 0 Å². The number of unbranched alkanes of at least 4 members (excludes halogenated alkanes) is 2. The molecule has 1 rings (SSSR count). The first-order chi connectivity index (χ1) is 7.96. The summed E-state index contributed by atoms with van der Waals surface area (Å²) in [7, 11) is 0. The first-order valence-electron chi connectivity index (χ1n) is 6.19. The highest BCUT2D eigenvalue weighted by Crippen LogP contribution is 2.31. The minimum atomic E-state index is -4.73. The molecule has 0 spiro atoms. The number of rotatable bonds is 5. The largest absolute Gasteiger partial charge is 0.450 e. The van der Waals surface area contributed by atoms with Crippen LogP contribution in [0.3, 0.4) is 0 Å². The van der Waals surface area contributed by atoms with Crippen LogP contribution in [0.4, 0.5) is 13.2 Å². The zero-order valence-electron chi connectivity index (χ0n) is 10.1. The van der Waals surface area contributed by atoms with Crippen LogP contribution < -0.4 is 0 Å². The second-order valence-corrected chi connectivity index (χ2v) is 4.52. The van der Waals surface area contributed by atoms with E-state index in [0.717, 1.165) is 19.3 Å². The van der Waals surface area contributed by atoms with E-state index in [1.807, 2.05) is 6.92 Å². The summed E-state index contributed by atoms with van der Waals surface area (Å²) in [5.41, 5.74) is 0. The molecule has 0 saturated carbocycles. The Labute approximate surface area is 99.5 Å². The van der Waals surface area contributed by atoms with Crippen molar-refractivity contribution in [3.05, 3.63) is 0 Å². The molecule has 1 fully saturated rings. The SMILES string of the molecule is CCCCC[C@H]1OCCC[C@H]1C(=O)C(F)(F)F. The van der Waals surface area contributed by atoms with Crippen molar-refractivity contribution in [1.82, 2.24) is 0 Å². The van der Waals surface area contributed by atoms with Gasteiger partial charge in [-0.2, -0.15) is 13.2 Å². The predicted octanol–water partition coefficient (Wildman–Crippen LogP) is 3.49. The summed E-state index contributed by atoms with van der Waals surface area (Å²) in [6, 6.07) is 0. The molecular formula is C12H19F3O2. The second kappa shape index (κ2) is 6.38. The first-order valence-corrected chi connectivity index (χ1v) is 6.19. The standard InChI is InChI=1S/C12H19F3O2/c1-2-3-4-7-10-9(6-5-8-17-10)11(16)12(13,14)15/h9-10H,2-8H2,1H3/t9-,10-/m1/s1. The highest BCUT2D eigenvalue weighted by molar-refractivity contribution is 5.86. The fourth-order valence-electron chi connectivity index (χ4n) is 2.23. The maximum absolute atomic E-state index is 12.4. The second-order valence-electron chi connectivity index (χ2n) is 4.52. The molecule has 0 aliphatic carbocycles. The van der Waals surface area contributed by atoms with Crippen LogP contribution in [-0.2, 0) is 9.53 Å². The van der Waals surface area contributed by atoms with Gasteiger partial charge in [-0.25, -0.2) is 0 Å². The summed E-state index contributed by atoms with van der Waals surface area (Å²) < 4.78 is 42.5. The lowest BCUT2D eigenvalue weighted by Gasteiger charge is -2.31. The molecule has 1 aliphatic rings. The van der Waals surface area contributed by atoms with Crippen LogP contribution >= 0.6 is 0 Å². The molecule has 1 saturated heterocycles. The van der Waals surface area contributed by atoms with Crippen LogP contribution in [0, 0.1) is 5.92 Å². The molecule has 0 aromatic carbocycles. The first kappa shape index (κ1) is 14.5. The molecule has 0 N–H and O–H groups in total. The topological polar surface area (TPSA) is 26.3 Å². The van der Waals surface area contributed by atoms with Crippen LogP contribution in [0.25, 0.3) is 0 Å². The van der Waals surface area contributed by atoms with Crippen molar-refractivity contribution in [2.75, 3.05) is 6.61 Å². The van der Waals surface area contributed by atoms with Crippen molar-refractivity contribution < 1.29 is 22.7 Å². The molecular weight excluding hydrogens is 233 g/mol. The Morgan fingerprint density at radius 2 is 2.06 bits per heavy atom. The summed E-state index contributed by atoms with van der Waals surface area (Å²) >= 11 is 0. The van der Waals surface area contributed by atoms with Crippen LogP contribution in [-0.4, -0.2) is 24.7 Å². The average molecular weight is 252 g/mol. The smallest absolute Gasteiger partial charge is 0.377 e. The third-order valence-corrected chi connectivity index (χ3v) is 3.15. The van der Waals surface area contributed by atoms with E-state index in [4.69, 9.17) is 4.74 Å². The highest BCUT2D eigenvalue weighted by atomic mass is 19.4. The van der Waals surface area contributed by atoms with Gasteiger partial charge in [0.1, 0.15) is 0 Å². The molecule has 17 heavy (non-hydrogen) atoms. The van der Waals surface area contributed by atoms with Crippen molar-refractivity contribution >= 4 is 5.78 Å². The molecule has 2 nitrogen and oxygen atoms in total. The van der Waals surface area contributed by atoms with Crippen LogP contribution in [0.5, 0.6) is 0 Å². The molecule has 100 valence electrons. The molecule has 0 bridgehead atoms. The van der Waals surface area contributed by atoms with Gasteiger partial charge in [0.05, 0.1) is 12.0 Å². The summed E-state index contributed by atoms with van der Waals surface area (Å²) in [4.78, 5) is 11.3. The minimum Gasteiger partial charge on any atom is -0.377 e. The monoisotopic (exact) mass is 252 g/mol. The zero-order valence-corrected chi connectivity index (χ0v) is 10.1. The Morgan fingerprint density at radius 1 is 1.35 bits per heavy atom. The average Bonchev–Trinajstić information content (AvgIpc) is 2.28. The molecule has 0 aromatic rings. The van der Waals surface area contributed by atoms with Gasteiger partial charge in [0.15, 0.2) is 0 Å². The minimum absolute atomic E-state index is 0.301. The molecule has 0 amide bonds. The Kier molecular flexibility index (Phi) is 5.43. The van der Waals surface area contributed by atoms with Gasteiger partial charge < -0.3 is 4.74 Å². The van der Waals surface area contributed by atoms with Gasteiger partial charge in [0, 0.05) is 6.61 Å². The van der Waals surface area contributed by atoms with Gasteiger partial charge in [-0.15, -0.1) is 0 Å². The number of Topliss-reactive ketones (excluding diaryl/α,β-unsaturated/α-hetero) is 1. The van der Waals surface area contributed by atoms with E-state index in [2.05, 4.69) is 0 Å². The van der Waals surface area contributed by atoms with Crippen molar-refractivity contribution in [1.29, 1.82) is 0 Å². The van der Waals surface area contributed by atoms with Gasteiger partial charge in [-0.3, -0.25) is 4.79 Å². The number of ketones is 1. The van der Waals surface area contributed by atoms with Gasteiger partial charge >= 0.3 is 6.18 Å². The number of carbonyl (C=O) groups is 1. The molecule has 0 aromatic heterocycles. The molecule has 1 aliphatic heterocycles. The number of hydrogen-bond donors (Lipinski definition) is 0. The molecule has 0 unspecified atom stereocenters. The number of alkyl halides is 3. The Morgan fingerprint density at radius 3 is 2.65 bits per heavy atom. The van der Waals surface area contributed by atoms with E-state index in [1.54, 1.807) is 0 Å². The Balaban J connectivity index is 2.56. The maximum Gasteiger partial charge on any atom is 0.450 e. The van der Waals surface area contributed by atoms with Crippen molar-refractivity contribution in [2.45, 2.75) is 57.7 Å². The molecule has 0 radical (unpaired) electrons. The van der Waals surface area contributed by atoms with Gasteiger partial charge in [-0.1, -0.05) is 26.2 Å². The Bertz CT molecular complexity index is 251. The van der Waals surface area contributed by atoms with Gasteiger partial charge in [-0.05, 0) is 19.3 Å². The highest BCUT2D eigenvalue weighted by Gasteiger charge is 2.46. The normalized spacial score (nSPS) is 25.9. The Hall–Kier alpha value is -0.580. The van der Waals surface area contributed by atoms with Crippen LogP contribution in [0.1, 0.15) is 45.4 Å². The van der Waals surface area contributed by atoms with Crippen molar-refractivity contribution in [2.24, 2.45) is 5.92 Å². The van der Waals surface area contributed by atoms with E-state index in [0.29, 0.717) is 25.9 Å². The number of ether oxygens (including phenoxy) is 1. The number of carbonyl (C=O) groups excluding carboxylic acids is 1. The lowest BCUT2D eigenvalue weighted by molar-refractivity contribution is -0.183. The lowest BCUT2D eigenvalue weighted by atomic mass is 9.87. The van der Waals surface area contributed by atoms with Crippen LogP contribution in [0.15, 0.2) is 0 Å². The van der Waals surface area contributed by atoms with Gasteiger partial charge in [0.25, 0.3) is 0 Å². The zero-order chi connectivity index (χ0) is 12.9. The third-order valence-electron chi connectivity index (χ3n) is 3.15. The van der Waals surface area contributed by atoms with Gasteiger partial charge in [0.2, 0.25) is 5.78 Å². The van der Waals surface area contributed by atoms with Crippen LogP contribution in [0.2, 0.25) is 0 Å². The summed E-state index contributed by atoms with van der Waals surface area (Å²) in [5, 5.41) is 0. The summed E-state index contributed by atoms with van der Waals surface area (Å²) in [6.07, 6.45) is -1.08. The number of halogens is 3. The summed E-state index contributed by atoms with van der Waals surface area (Å²) in [6.45, 7) is 2.50. The quantitative estimate of drug-likeness (QED) is 0.700. The van der Waals surface area contributed by atoms with E-state index in [9.17, 15) is 18.0 Å². The molecule has 2 atom stereocenters. The molecule has 5 heteroatoms. The fourth-order valence-corrected chi connectivity index (χ4v) is 2.23. The van der Waals surface area contributed by atoms with E-state index < -0.39 is 24.0 Å². The fraction of sp³-hybridized carbons (Fsp3) is 0.917. The van der Waals surface area contributed by atoms with Crippen molar-refractivity contribution in [3.63, 3.8) is 0 Å². The maximum atomic E-state index is 12.4. The van der Waals surface area contributed by atoms with Crippen molar-refractivity contribution in [3.8, 4) is 0 Å².